The number of amides is 1. The van der Waals surface area contributed by atoms with Crippen molar-refractivity contribution in [3.05, 3.63) is 95.6 Å². The van der Waals surface area contributed by atoms with Gasteiger partial charge in [0.15, 0.2) is 0 Å². The highest BCUT2D eigenvalue weighted by molar-refractivity contribution is 7.89. The summed E-state index contributed by atoms with van der Waals surface area (Å²) in [7, 11) is -3.83. The Morgan fingerprint density at radius 3 is 2.40 bits per heavy atom. The molecule has 1 heterocycles. The van der Waals surface area contributed by atoms with Crippen molar-refractivity contribution in [1.82, 2.24) is 4.31 Å². The molecule has 0 unspecified atom stereocenters. The largest absolute Gasteiger partial charge is 0.325 e. The van der Waals surface area contributed by atoms with Crippen LogP contribution < -0.4 is 5.32 Å². The zero-order valence-electron chi connectivity index (χ0n) is 16.8. The van der Waals surface area contributed by atoms with Crippen LogP contribution in [0.5, 0.6) is 0 Å². The molecule has 30 heavy (non-hydrogen) atoms. The van der Waals surface area contributed by atoms with E-state index < -0.39 is 16.1 Å². The van der Waals surface area contributed by atoms with E-state index in [4.69, 9.17) is 0 Å². The molecule has 1 amide bonds. The number of carbonyl (C=O) groups is 1. The molecule has 1 atom stereocenters. The number of hydrogen-bond donors (Lipinski definition) is 1. The summed E-state index contributed by atoms with van der Waals surface area (Å²) >= 11 is 0. The van der Waals surface area contributed by atoms with Crippen LogP contribution in [0.4, 0.5) is 5.69 Å². The number of sulfonamides is 1. The van der Waals surface area contributed by atoms with Crippen molar-refractivity contribution >= 4 is 21.6 Å². The molecule has 5 nitrogen and oxygen atoms in total. The summed E-state index contributed by atoms with van der Waals surface area (Å²) in [6, 6.07) is 22.8. The van der Waals surface area contributed by atoms with Crippen LogP contribution in [0, 0.1) is 0 Å². The van der Waals surface area contributed by atoms with Gasteiger partial charge in [0, 0.05) is 12.2 Å². The van der Waals surface area contributed by atoms with E-state index in [2.05, 4.69) is 5.32 Å². The third kappa shape index (κ3) is 4.01. The second-order valence-electron chi connectivity index (χ2n) is 7.40. The summed E-state index contributed by atoms with van der Waals surface area (Å²) in [6.45, 7) is 2.22. The van der Waals surface area contributed by atoms with Gasteiger partial charge in [-0.05, 0) is 53.8 Å². The number of anilines is 1. The first-order valence-corrected chi connectivity index (χ1v) is 11.5. The first kappa shape index (κ1) is 20.3. The minimum Gasteiger partial charge on any atom is -0.325 e. The molecule has 154 valence electrons. The van der Waals surface area contributed by atoms with Crippen molar-refractivity contribution in [3.8, 4) is 0 Å². The van der Waals surface area contributed by atoms with Crippen LogP contribution in [-0.4, -0.2) is 24.7 Å². The molecule has 6 heteroatoms. The lowest BCUT2D eigenvalue weighted by atomic mass is 9.95. The number of nitrogens with zero attached hydrogens (tertiary/aromatic N) is 1. The Labute approximate surface area is 177 Å². The third-order valence-corrected chi connectivity index (χ3v) is 7.33. The highest BCUT2D eigenvalue weighted by atomic mass is 32.2. The maximum Gasteiger partial charge on any atom is 0.244 e. The van der Waals surface area contributed by atoms with Gasteiger partial charge in [0.05, 0.1) is 4.90 Å². The fourth-order valence-electron chi connectivity index (χ4n) is 3.80. The minimum absolute atomic E-state index is 0.167. The number of nitrogens with one attached hydrogen (secondary N) is 1. The lowest BCUT2D eigenvalue weighted by molar-refractivity contribution is -0.120. The van der Waals surface area contributed by atoms with E-state index in [1.165, 1.54) is 4.31 Å². The van der Waals surface area contributed by atoms with E-state index in [9.17, 15) is 13.2 Å². The van der Waals surface area contributed by atoms with Gasteiger partial charge < -0.3 is 5.32 Å². The highest BCUT2D eigenvalue weighted by Crippen LogP contribution is 2.29. The second-order valence-corrected chi connectivity index (χ2v) is 9.29. The summed E-state index contributed by atoms with van der Waals surface area (Å²) in [5.41, 5.74) is 3.71. The van der Waals surface area contributed by atoms with E-state index >= 15 is 0 Å². The van der Waals surface area contributed by atoms with Gasteiger partial charge in [0.2, 0.25) is 15.9 Å². The Morgan fingerprint density at radius 2 is 1.67 bits per heavy atom. The van der Waals surface area contributed by atoms with Crippen LogP contribution in [-0.2, 0) is 34.2 Å². The molecule has 1 N–H and O–H groups in total. The van der Waals surface area contributed by atoms with Crippen LogP contribution in [0.25, 0.3) is 0 Å². The molecule has 1 aliphatic rings. The molecule has 0 radical (unpaired) electrons. The van der Waals surface area contributed by atoms with Gasteiger partial charge in [-0.3, -0.25) is 4.79 Å². The smallest absolute Gasteiger partial charge is 0.244 e. The maximum absolute atomic E-state index is 13.4. The van der Waals surface area contributed by atoms with Crippen LogP contribution in [0.2, 0.25) is 0 Å². The van der Waals surface area contributed by atoms with Gasteiger partial charge in [0.1, 0.15) is 6.04 Å². The Bertz CT molecular complexity index is 1160. The van der Waals surface area contributed by atoms with Gasteiger partial charge >= 0.3 is 0 Å². The Balaban J connectivity index is 1.70. The topological polar surface area (TPSA) is 66.5 Å². The summed E-state index contributed by atoms with van der Waals surface area (Å²) in [6.07, 6.45) is 1.19. The first-order valence-electron chi connectivity index (χ1n) is 10.0. The minimum atomic E-state index is -3.83. The zero-order chi connectivity index (χ0) is 21.1. The average molecular weight is 421 g/mol. The monoisotopic (exact) mass is 420 g/mol. The maximum atomic E-state index is 13.4. The summed E-state index contributed by atoms with van der Waals surface area (Å²) in [5.74, 6) is -0.322. The van der Waals surface area contributed by atoms with Gasteiger partial charge in [-0.2, -0.15) is 4.31 Å². The number of aryl methyl sites for hydroxylation is 1. The van der Waals surface area contributed by atoms with Gasteiger partial charge in [-0.1, -0.05) is 61.5 Å². The van der Waals surface area contributed by atoms with Crippen molar-refractivity contribution in [3.63, 3.8) is 0 Å². The molecule has 0 aliphatic carbocycles. The zero-order valence-corrected chi connectivity index (χ0v) is 17.6. The number of rotatable bonds is 5. The number of fused-ring (bicyclic) bond motifs is 1. The molecule has 0 spiro atoms. The predicted octanol–water partition coefficient (Wildman–Crippen LogP) is 4.00. The number of benzene rings is 3. The van der Waals surface area contributed by atoms with Crippen LogP contribution >= 0.6 is 0 Å². The number of carbonyl (C=O) groups excluding carboxylic acids is 1. The molecule has 1 aliphatic heterocycles. The van der Waals surface area contributed by atoms with Crippen molar-refractivity contribution in [2.24, 2.45) is 0 Å². The molecule has 4 rings (SSSR count). The molecule has 0 aromatic heterocycles. The quantitative estimate of drug-likeness (QED) is 0.678. The van der Waals surface area contributed by atoms with E-state index in [-0.39, 0.29) is 17.3 Å². The molecule has 0 saturated heterocycles. The summed E-state index contributed by atoms with van der Waals surface area (Å²) in [5, 5.41) is 2.93. The normalized spacial score (nSPS) is 16.6. The lowest BCUT2D eigenvalue weighted by Gasteiger charge is -2.35. The van der Waals surface area contributed by atoms with Crippen LogP contribution in [0.1, 0.15) is 23.6 Å². The highest BCUT2D eigenvalue weighted by Gasteiger charge is 2.39. The van der Waals surface area contributed by atoms with Gasteiger partial charge in [-0.25, -0.2) is 8.42 Å². The summed E-state index contributed by atoms with van der Waals surface area (Å²) in [4.78, 5) is 13.4. The average Bonchev–Trinajstić information content (AvgIpc) is 2.79. The van der Waals surface area contributed by atoms with Crippen molar-refractivity contribution in [1.29, 1.82) is 0 Å². The number of hydrogen-bond acceptors (Lipinski definition) is 3. The molecular weight excluding hydrogens is 396 g/mol. The Kier molecular flexibility index (Phi) is 5.70. The second kappa shape index (κ2) is 8.42. The third-order valence-electron chi connectivity index (χ3n) is 5.46. The summed E-state index contributed by atoms with van der Waals surface area (Å²) < 4.78 is 28.1. The molecule has 0 saturated carbocycles. The molecule has 0 fully saturated rings. The van der Waals surface area contributed by atoms with Crippen molar-refractivity contribution < 1.29 is 13.2 Å². The van der Waals surface area contributed by atoms with Crippen molar-refractivity contribution in [2.75, 3.05) is 5.32 Å². The lowest BCUT2D eigenvalue weighted by Crippen LogP contribution is -2.50. The molecule has 0 bridgehead atoms. The standard InChI is InChI=1S/C24H24N2O3S/c1-2-18-9-8-12-21(15-18)25-24(27)23-16-19-10-6-7-11-20(19)17-26(23)30(28,29)22-13-4-3-5-14-22/h3-15,23H,2,16-17H2,1H3,(H,25,27)/t23-/m0/s1. The van der Waals surface area contributed by atoms with Crippen molar-refractivity contribution in [2.45, 2.75) is 37.2 Å². The SMILES string of the molecule is CCc1cccc(NC(=O)[C@@H]2Cc3ccccc3CN2S(=O)(=O)c2ccccc2)c1. The fourth-order valence-corrected chi connectivity index (χ4v) is 5.38. The first-order chi connectivity index (χ1) is 14.5. The van der Waals surface area contributed by atoms with Crippen LogP contribution in [0.15, 0.2) is 83.8 Å². The molecule has 3 aromatic carbocycles. The van der Waals surface area contributed by atoms with E-state index in [1.54, 1.807) is 30.3 Å². The van der Waals surface area contributed by atoms with Gasteiger partial charge in [0.25, 0.3) is 0 Å². The molecule has 3 aromatic rings. The Hall–Kier alpha value is -2.96. The molecular formula is C24H24N2O3S. The fraction of sp³-hybridized carbons (Fsp3) is 0.208. The Morgan fingerprint density at radius 1 is 0.967 bits per heavy atom. The van der Waals surface area contributed by atoms with Gasteiger partial charge in [-0.15, -0.1) is 0 Å². The van der Waals surface area contributed by atoms with E-state index in [0.717, 1.165) is 23.1 Å². The predicted molar refractivity (Wildman–Crippen MR) is 118 cm³/mol. The van der Waals surface area contributed by atoms with Crippen LogP contribution in [0.3, 0.4) is 0 Å². The van der Waals surface area contributed by atoms with E-state index in [0.29, 0.717) is 12.1 Å². The van der Waals surface area contributed by atoms with E-state index in [1.807, 2.05) is 55.5 Å².